The number of carbonyl (C=O) groups is 3. The highest BCUT2D eigenvalue weighted by Crippen LogP contribution is 2.21. The van der Waals surface area contributed by atoms with Gasteiger partial charge in [-0.2, -0.15) is 0 Å². The minimum Gasteiger partial charge on any atom is -0.478 e. The smallest absolute Gasteiger partial charge is 0.328 e. The van der Waals surface area contributed by atoms with Crippen molar-refractivity contribution in [3.05, 3.63) is 12.2 Å². The van der Waals surface area contributed by atoms with Crippen molar-refractivity contribution in [2.75, 3.05) is 26.2 Å². The van der Waals surface area contributed by atoms with Gasteiger partial charge in [-0.05, 0) is 25.8 Å². The molecule has 0 saturated carbocycles. The van der Waals surface area contributed by atoms with E-state index in [1.165, 1.54) is 0 Å². The molecule has 2 rings (SSSR count). The van der Waals surface area contributed by atoms with E-state index in [4.69, 9.17) is 5.11 Å². The van der Waals surface area contributed by atoms with Crippen molar-refractivity contribution in [2.45, 2.75) is 25.3 Å². The maximum Gasteiger partial charge on any atom is 0.328 e. The van der Waals surface area contributed by atoms with Crippen LogP contribution in [0.1, 0.15) is 19.3 Å². The molecule has 7 heteroatoms. The maximum atomic E-state index is 12.0. The summed E-state index contributed by atoms with van der Waals surface area (Å²) >= 11 is 0. The number of hydrogen-bond donors (Lipinski definition) is 2. The Hall–Kier alpha value is -1.89. The summed E-state index contributed by atoms with van der Waals surface area (Å²) in [6.07, 6.45) is 4.68. The third-order valence-corrected chi connectivity index (χ3v) is 3.70. The average Bonchev–Trinajstić information content (AvgIpc) is 2.73. The quantitative estimate of drug-likeness (QED) is 0.697. The number of rotatable bonds is 2. The van der Waals surface area contributed by atoms with Crippen LogP contribution in [0.2, 0.25) is 0 Å². The van der Waals surface area contributed by atoms with Crippen LogP contribution in [0.15, 0.2) is 12.2 Å². The van der Waals surface area contributed by atoms with E-state index in [9.17, 15) is 14.4 Å². The van der Waals surface area contributed by atoms with E-state index in [2.05, 4.69) is 10.2 Å². The lowest BCUT2D eigenvalue weighted by Crippen LogP contribution is -2.46. The molecular weight excluding hydrogens is 262 g/mol. The molecule has 7 nitrogen and oxygen atoms in total. The highest BCUT2D eigenvalue weighted by molar-refractivity contribution is 6.02. The number of nitrogens with zero attached hydrogens (tertiary/aromatic N) is 2. The number of nitrogens with one attached hydrogen (secondary N) is 1. The molecule has 0 bridgehead atoms. The van der Waals surface area contributed by atoms with Crippen LogP contribution in [0.4, 0.5) is 4.79 Å². The fraction of sp³-hybridized carbons (Fsp3) is 0.615. The standard InChI is InChI=1S/C13H19N3O4/c17-11(4-5-12(18)19)14-13(20)16-8-2-7-15-6-1-3-10(15)9-16/h4-5,10H,1-3,6-9H2,(H,18,19)(H,14,17,20). The monoisotopic (exact) mass is 281 g/mol. The number of hydrogen-bond acceptors (Lipinski definition) is 4. The lowest BCUT2D eigenvalue weighted by Gasteiger charge is -2.25. The molecule has 2 aliphatic rings. The van der Waals surface area contributed by atoms with Crippen LogP contribution in [-0.4, -0.2) is 65.0 Å². The molecule has 2 heterocycles. The molecule has 0 spiro atoms. The number of fused-ring (bicyclic) bond motifs is 1. The zero-order chi connectivity index (χ0) is 14.5. The zero-order valence-corrected chi connectivity index (χ0v) is 11.2. The number of urea groups is 1. The van der Waals surface area contributed by atoms with Gasteiger partial charge in [0.1, 0.15) is 0 Å². The predicted molar refractivity (Wildman–Crippen MR) is 71.1 cm³/mol. The number of carboxylic acids is 1. The van der Waals surface area contributed by atoms with Gasteiger partial charge < -0.3 is 10.0 Å². The fourth-order valence-electron chi connectivity index (χ4n) is 2.76. The van der Waals surface area contributed by atoms with E-state index in [1.54, 1.807) is 4.90 Å². The second-order valence-corrected chi connectivity index (χ2v) is 5.10. The number of carboxylic acid groups (broad SMARTS) is 1. The van der Waals surface area contributed by atoms with Gasteiger partial charge in [0, 0.05) is 37.8 Å². The third kappa shape index (κ3) is 3.80. The molecule has 0 aromatic rings. The van der Waals surface area contributed by atoms with Crippen LogP contribution in [-0.2, 0) is 9.59 Å². The second-order valence-electron chi connectivity index (χ2n) is 5.10. The van der Waals surface area contributed by atoms with Gasteiger partial charge in [0.2, 0.25) is 0 Å². The first-order valence-electron chi connectivity index (χ1n) is 6.81. The van der Waals surface area contributed by atoms with Gasteiger partial charge in [-0.3, -0.25) is 15.0 Å². The van der Waals surface area contributed by atoms with Gasteiger partial charge >= 0.3 is 12.0 Å². The van der Waals surface area contributed by atoms with Crippen LogP contribution in [0.3, 0.4) is 0 Å². The Bertz CT molecular complexity index is 435. The third-order valence-electron chi connectivity index (χ3n) is 3.70. The molecule has 1 atom stereocenters. The van der Waals surface area contributed by atoms with Crippen molar-refractivity contribution in [3.8, 4) is 0 Å². The van der Waals surface area contributed by atoms with Crippen LogP contribution < -0.4 is 5.32 Å². The summed E-state index contributed by atoms with van der Waals surface area (Å²) in [6, 6.07) is -0.0632. The summed E-state index contributed by atoms with van der Waals surface area (Å²) in [7, 11) is 0. The molecule has 0 radical (unpaired) electrons. The molecular formula is C13H19N3O4. The van der Waals surface area contributed by atoms with Crippen molar-refractivity contribution < 1.29 is 19.5 Å². The van der Waals surface area contributed by atoms with Gasteiger partial charge in [-0.1, -0.05) is 0 Å². The van der Waals surface area contributed by atoms with E-state index in [1.807, 2.05) is 0 Å². The Labute approximate surface area is 117 Å². The Morgan fingerprint density at radius 2 is 1.85 bits per heavy atom. The van der Waals surface area contributed by atoms with Crippen molar-refractivity contribution in [1.82, 2.24) is 15.1 Å². The SMILES string of the molecule is O=C(O)C=CC(=O)NC(=O)N1CCCN2CCCC2C1. The molecule has 2 saturated heterocycles. The summed E-state index contributed by atoms with van der Waals surface area (Å²) in [5.41, 5.74) is 0. The van der Waals surface area contributed by atoms with Crippen molar-refractivity contribution in [3.63, 3.8) is 0 Å². The van der Waals surface area contributed by atoms with E-state index in [0.29, 0.717) is 25.2 Å². The fourth-order valence-corrected chi connectivity index (χ4v) is 2.76. The van der Waals surface area contributed by atoms with Crippen LogP contribution >= 0.6 is 0 Å². The molecule has 20 heavy (non-hydrogen) atoms. The summed E-state index contributed by atoms with van der Waals surface area (Å²) in [6.45, 7) is 3.32. The molecule has 3 amide bonds. The minimum atomic E-state index is -1.22. The summed E-state index contributed by atoms with van der Waals surface area (Å²) in [5.74, 6) is -1.92. The first-order chi connectivity index (χ1) is 9.56. The lowest BCUT2D eigenvalue weighted by atomic mass is 10.2. The topological polar surface area (TPSA) is 89.9 Å². The highest BCUT2D eigenvalue weighted by Gasteiger charge is 2.30. The van der Waals surface area contributed by atoms with Gasteiger partial charge in [0.05, 0.1) is 0 Å². The van der Waals surface area contributed by atoms with Crippen molar-refractivity contribution >= 4 is 17.9 Å². The van der Waals surface area contributed by atoms with Crippen LogP contribution in [0.25, 0.3) is 0 Å². The highest BCUT2D eigenvalue weighted by atomic mass is 16.4. The Balaban J connectivity index is 1.88. The van der Waals surface area contributed by atoms with Gasteiger partial charge in [-0.15, -0.1) is 0 Å². The molecule has 2 fully saturated rings. The van der Waals surface area contributed by atoms with Crippen molar-refractivity contribution in [1.29, 1.82) is 0 Å². The Morgan fingerprint density at radius 1 is 1.10 bits per heavy atom. The van der Waals surface area contributed by atoms with E-state index >= 15 is 0 Å². The summed E-state index contributed by atoms with van der Waals surface area (Å²) in [5, 5.41) is 10.6. The molecule has 0 aromatic carbocycles. The summed E-state index contributed by atoms with van der Waals surface area (Å²) in [4.78, 5) is 37.7. The summed E-state index contributed by atoms with van der Waals surface area (Å²) < 4.78 is 0. The van der Waals surface area contributed by atoms with Crippen LogP contribution in [0.5, 0.6) is 0 Å². The number of aliphatic carboxylic acids is 1. The van der Waals surface area contributed by atoms with Crippen LogP contribution in [0, 0.1) is 0 Å². The lowest BCUT2D eigenvalue weighted by molar-refractivity contribution is -0.131. The first-order valence-corrected chi connectivity index (χ1v) is 6.81. The number of carbonyl (C=O) groups excluding carboxylic acids is 2. The molecule has 2 aliphatic heterocycles. The molecule has 110 valence electrons. The van der Waals surface area contributed by atoms with Crippen molar-refractivity contribution in [2.24, 2.45) is 0 Å². The number of imide groups is 1. The van der Waals surface area contributed by atoms with Gasteiger partial charge in [0.15, 0.2) is 0 Å². The van der Waals surface area contributed by atoms with E-state index in [-0.39, 0.29) is 0 Å². The molecule has 0 aliphatic carbocycles. The Kier molecular flexibility index (Phi) is 4.73. The molecule has 1 unspecified atom stereocenters. The zero-order valence-electron chi connectivity index (χ0n) is 11.2. The predicted octanol–water partition coefficient (Wildman–Crippen LogP) is 0.0335. The normalized spacial score (nSPS) is 23.4. The Morgan fingerprint density at radius 3 is 2.60 bits per heavy atom. The average molecular weight is 281 g/mol. The number of amides is 3. The first kappa shape index (κ1) is 14.5. The van der Waals surface area contributed by atoms with E-state index < -0.39 is 17.9 Å². The van der Waals surface area contributed by atoms with Gasteiger partial charge in [-0.25, -0.2) is 9.59 Å². The maximum absolute atomic E-state index is 12.0. The van der Waals surface area contributed by atoms with Gasteiger partial charge in [0.25, 0.3) is 5.91 Å². The molecule has 2 N–H and O–H groups in total. The molecule has 0 aromatic heterocycles. The largest absolute Gasteiger partial charge is 0.478 e. The van der Waals surface area contributed by atoms with E-state index in [0.717, 1.165) is 38.4 Å². The minimum absolute atomic E-state index is 0.382. The second kappa shape index (κ2) is 6.51.